The van der Waals surface area contributed by atoms with E-state index in [0.29, 0.717) is 29.6 Å². The highest BCUT2D eigenvalue weighted by Crippen LogP contribution is 2.35. The van der Waals surface area contributed by atoms with Crippen molar-refractivity contribution in [2.24, 2.45) is 5.92 Å². The van der Waals surface area contributed by atoms with E-state index in [1.54, 1.807) is 25.1 Å². The van der Waals surface area contributed by atoms with Crippen LogP contribution < -0.4 is 4.31 Å². The zero-order chi connectivity index (χ0) is 23.8. The molecule has 7 nitrogen and oxygen atoms in total. The number of benzene rings is 2. The van der Waals surface area contributed by atoms with Crippen molar-refractivity contribution in [2.75, 3.05) is 11.4 Å². The van der Waals surface area contributed by atoms with E-state index in [2.05, 4.69) is 15.9 Å². The number of hydrogen-bond donors (Lipinski definition) is 0. The number of methoxy groups -OCH3 is 1. The van der Waals surface area contributed by atoms with E-state index >= 15 is 0 Å². The van der Waals surface area contributed by atoms with Gasteiger partial charge in [-0.05, 0) is 62.2 Å². The lowest BCUT2D eigenvalue weighted by molar-refractivity contribution is -0.122. The minimum absolute atomic E-state index is 0.00604. The fraction of sp³-hybridized carbons (Fsp3) is 0.333. The standard InChI is InChI=1S/C24H24BrNO6S/c1-15-22(24(28)31-2)20-14-18(10-13-21(20)32-15)26(23(27)16-6-4-3-5-7-16)33(29,30)19-11-8-17(25)9-12-19/h8-14,16H,3-7H2,1-2H3. The van der Waals surface area contributed by atoms with E-state index in [4.69, 9.17) is 9.15 Å². The smallest absolute Gasteiger partial charge is 0.342 e. The summed E-state index contributed by atoms with van der Waals surface area (Å²) in [5.41, 5.74) is 0.773. The van der Waals surface area contributed by atoms with Crippen LogP contribution in [0.5, 0.6) is 0 Å². The van der Waals surface area contributed by atoms with Crippen molar-refractivity contribution in [3.05, 3.63) is 58.3 Å². The van der Waals surface area contributed by atoms with Crippen molar-refractivity contribution >= 4 is 54.5 Å². The fourth-order valence-electron chi connectivity index (χ4n) is 4.30. The van der Waals surface area contributed by atoms with Crippen LogP contribution in [0.15, 0.2) is 56.2 Å². The normalized spacial score (nSPS) is 14.9. The van der Waals surface area contributed by atoms with Gasteiger partial charge in [-0.15, -0.1) is 0 Å². The number of nitrogens with zero attached hydrogens (tertiary/aromatic N) is 1. The van der Waals surface area contributed by atoms with Crippen LogP contribution in [0.4, 0.5) is 5.69 Å². The molecule has 1 aliphatic carbocycles. The summed E-state index contributed by atoms with van der Waals surface area (Å²) >= 11 is 3.31. The maximum absolute atomic E-state index is 13.7. The van der Waals surface area contributed by atoms with Gasteiger partial charge in [0, 0.05) is 15.8 Å². The second kappa shape index (κ2) is 9.30. The largest absolute Gasteiger partial charge is 0.465 e. The van der Waals surface area contributed by atoms with Crippen molar-refractivity contribution in [1.82, 2.24) is 0 Å². The summed E-state index contributed by atoms with van der Waals surface area (Å²) in [7, 11) is -2.94. The number of carbonyl (C=O) groups excluding carboxylic acids is 2. The van der Waals surface area contributed by atoms with Crippen LogP contribution in [-0.2, 0) is 19.6 Å². The van der Waals surface area contributed by atoms with Gasteiger partial charge in [-0.3, -0.25) is 4.79 Å². The quantitative estimate of drug-likeness (QED) is 0.396. The van der Waals surface area contributed by atoms with Crippen molar-refractivity contribution in [3.8, 4) is 0 Å². The predicted molar refractivity (Wildman–Crippen MR) is 128 cm³/mol. The molecule has 0 aliphatic heterocycles. The number of sulfonamides is 1. The van der Waals surface area contributed by atoms with E-state index in [9.17, 15) is 18.0 Å². The topological polar surface area (TPSA) is 93.9 Å². The number of halogens is 1. The average molecular weight is 534 g/mol. The number of fused-ring (bicyclic) bond motifs is 1. The van der Waals surface area contributed by atoms with Crippen molar-refractivity contribution in [3.63, 3.8) is 0 Å². The number of amides is 1. The number of anilines is 1. The lowest BCUT2D eigenvalue weighted by Gasteiger charge is -2.29. The monoisotopic (exact) mass is 533 g/mol. The van der Waals surface area contributed by atoms with E-state index in [0.717, 1.165) is 28.0 Å². The second-order valence-corrected chi connectivity index (χ2v) is 10.8. The molecule has 174 valence electrons. The van der Waals surface area contributed by atoms with Crippen molar-refractivity contribution < 1.29 is 27.2 Å². The molecule has 0 saturated heterocycles. The Hall–Kier alpha value is -2.65. The molecule has 4 rings (SSSR count). The third kappa shape index (κ3) is 4.44. The zero-order valence-electron chi connectivity index (χ0n) is 18.3. The lowest BCUT2D eigenvalue weighted by atomic mass is 9.88. The average Bonchev–Trinajstić information content (AvgIpc) is 3.14. The molecule has 0 unspecified atom stereocenters. The van der Waals surface area contributed by atoms with Gasteiger partial charge in [-0.2, -0.15) is 0 Å². The van der Waals surface area contributed by atoms with Gasteiger partial charge in [-0.1, -0.05) is 35.2 Å². The molecule has 2 aromatic carbocycles. The van der Waals surface area contributed by atoms with E-state index < -0.39 is 21.9 Å². The Morgan fingerprint density at radius 1 is 1.06 bits per heavy atom. The van der Waals surface area contributed by atoms with Crippen LogP contribution in [0, 0.1) is 12.8 Å². The molecule has 0 N–H and O–H groups in total. The third-order valence-electron chi connectivity index (χ3n) is 5.98. The van der Waals surface area contributed by atoms with Crippen LogP contribution in [0.3, 0.4) is 0 Å². The fourth-order valence-corrected chi connectivity index (χ4v) is 6.03. The van der Waals surface area contributed by atoms with Gasteiger partial charge in [0.1, 0.15) is 16.9 Å². The van der Waals surface area contributed by atoms with Gasteiger partial charge in [0.05, 0.1) is 17.7 Å². The summed E-state index contributed by atoms with van der Waals surface area (Å²) in [6.07, 6.45) is 4.09. The lowest BCUT2D eigenvalue weighted by Crippen LogP contribution is -2.41. The molecule has 33 heavy (non-hydrogen) atoms. The first-order valence-electron chi connectivity index (χ1n) is 10.7. The van der Waals surface area contributed by atoms with Gasteiger partial charge in [0.15, 0.2) is 0 Å². The molecular formula is C24H24BrNO6S. The van der Waals surface area contributed by atoms with Gasteiger partial charge in [0.2, 0.25) is 5.91 Å². The number of ether oxygens (including phenoxy) is 1. The molecule has 0 bridgehead atoms. The minimum Gasteiger partial charge on any atom is -0.465 e. The SMILES string of the molecule is COC(=O)c1c(C)oc2ccc(N(C(=O)C3CCCCC3)S(=O)(=O)c3ccc(Br)cc3)cc12. The Morgan fingerprint density at radius 2 is 1.73 bits per heavy atom. The maximum Gasteiger partial charge on any atom is 0.342 e. The summed E-state index contributed by atoms with van der Waals surface area (Å²) in [4.78, 5) is 26.0. The first kappa shape index (κ1) is 23.5. The Bertz CT molecular complexity index is 1310. The number of hydrogen-bond acceptors (Lipinski definition) is 6. The molecule has 0 radical (unpaired) electrons. The van der Waals surface area contributed by atoms with Gasteiger partial charge >= 0.3 is 5.97 Å². The molecular weight excluding hydrogens is 510 g/mol. The summed E-state index contributed by atoms with van der Waals surface area (Å²) in [6, 6.07) is 10.8. The van der Waals surface area contributed by atoms with E-state index in [1.807, 2.05) is 0 Å². The van der Waals surface area contributed by atoms with Crippen LogP contribution >= 0.6 is 15.9 Å². The minimum atomic E-state index is -4.20. The highest BCUT2D eigenvalue weighted by Gasteiger charge is 2.36. The summed E-state index contributed by atoms with van der Waals surface area (Å²) < 4.78 is 39.6. The summed E-state index contributed by atoms with van der Waals surface area (Å²) in [5, 5.41) is 0.393. The first-order chi connectivity index (χ1) is 15.7. The third-order valence-corrected chi connectivity index (χ3v) is 8.25. The van der Waals surface area contributed by atoms with Crippen molar-refractivity contribution in [1.29, 1.82) is 0 Å². The van der Waals surface area contributed by atoms with Crippen LogP contribution in [0.25, 0.3) is 11.0 Å². The Balaban J connectivity index is 1.89. The molecule has 9 heteroatoms. The maximum atomic E-state index is 13.7. The molecule has 1 aliphatic rings. The second-order valence-electron chi connectivity index (χ2n) is 8.10. The molecule has 1 heterocycles. The molecule has 1 fully saturated rings. The molecule has 3 aromatic rings. The van der Waals surface area contributed by atoms with E-state index in [1.165, 1.54) is 31.4 Å². The summed E-state index contributed by atoms with van der Waals surface area (Å²) in [6.45, 7) is 1.63. The number of aryl methyl sites for hydroxylation is 1. The highest BCUT2D eigenvalue weighted by molar-refractivity contribution is 9.10. The predicted octanol–water partition coefficient (Wildman–Crippen LogP) is 5.59. The highest BCUT2D eigenvalue weighted by atomic mass is 79.9. The summed E-state index contributed by atoms with van der Waals surface area (Å²) in [5.74, 6) is -1.08. The number of furan rings is 1. The number of esters is 1. The number of carbonyl (C=O) groups is 2. The Labute approximate surface area is 200 Å². The van der Waals surface area contributed by atoms with Gasteiger partial charge < -0.3 is 9.15 Å². The van der Waals surface area contributed by atoms with Crippen LogP contribution in [-0.4, -0.2) is 27.4 Å². The molecule has 0 atom stereocenters. The molecule has 1 amide bonds. The van der Waals surface area contributed by atoms with E-state index in [-0.39, 0.29) is 22.1 Å². The molecule has 1 aromatic heterocycles. The first-order valence-corrected chi connectivity index (χ1v) is 12.9. The molecule has 1 saturated carbocycles. The van der Waals surface area contributed by atoms with Crippen LogP contribution in [0.2, 0.25) is 0 Å². The number of rotatable bonds is 5. The zero-order valence-corrected chi connectivity index (χ0v) is 20.7. The molecule has 0 spiro atoms. The Kier molecular flexibility index (Phi) is 6.63. The van der Waals surface area contributed by atoms with Crippen molar-refractivity contribution in [2.45, 2.75) is 43.9 Å². The Morgan fingerprint density at radius 3 is 2.36 bits per heavy atom. The van der Waals surface area contributed by atoms with Gasteiger partial charge in [-0.25, -0.2) is 17.5 Å². The van der Waals surface area contributed by atoms with Gasteiger partial charge in [0.25, 0.3) is 10.0 Å². The van der Waals surface area contributed by atoms with Crippen LogP contribution in [0.1, 0.15) is 48.2 Å².